The van der Waals surface area contributed by atoms with Crippen LogP contribution in [-0.4, -0.2) is 34.8 Å². The fourth-order valence-electron chi connectivity index (χ4n) is 3.37. The number of anilines is 1. The molecule has 1 aromatic heterocycles. The van der Waals surface area contributed by atoms with Gasteiger partial charge in [-0.15, -0.1) is 11.3 Å². The summed E-state index contributed by atoms with van der Waals surface area (Å²) in [6, 6.07) is 9.92. The number of amides is 2. The van der Waals surface area contributed by atoms with E-state index < -0.39 is 0 Å². The van der Waals surface area contributed by atoms with Crippen LogP contribution >= 0.6 is 11.3 Å². The van der Waals surface area contributed by atoms with E-state index in [1.54, 1.807) is 11.3 Å². The van der Waals surface area contributed by atoms with Crippen LogP contribution in [0.3, 0.4) is 0 Å². The minimum Gasteiger partial charge on any atom is -0.351 e. The van der Waals surface area contributed by atoms with Crippen molar-refractivity contribution < 1.29 is 9.59 Å². The van der Waals surface area contributed by atoms with Crippen LogP contribution in [0, 0.1) is 5.92 Å². The van der Waals surface area contributed by atoms with Gasteiger partial charge in [0.05, 0.1) is 12.2 Å². The first-order valence-electron chi connectivity index (χ1n) is 9.50. The molecule has 1 fully saturated rings. The van der Waals surface area contributed by atoms with Gasteiger partial charge < -0.3 is 10.6 Å². The third-order valence-electron chi connectivity index (χ3n) is 5.22. The van der Waals surface area contributed by atoms with Crippen LogP contribution in [0.15, 0.2) is 30.3 Å². The van der Waals surface area contributed by atoms with Gasteiger partial charge in [0.2, 0.25) is 11.8 Å². The second-order valence-corrected chi connectivity index (χ2v) is 8.31. The van der Waals surface area contributed by atoms with Crippen molar-refractivity contribution in [3.8, 4) is 0 Å². The summed E-state index contributed by atoms with van der Waals surface area (Å²) in [6.45, 7) is 2.46. The molecule has 1 saturated carbocycles. The number of carbonyl (C=O) groups is 2. The molecule has 0 unspecified atom stereocenters. The fraction of sp³-hybridized carbons (Fsp3) is 0.450. The van der Waals surface area contributed by atoms with E-state index in [0.29, 0.717) is 24.8 Å². The van der Waals surface area contributed by atoms with Gasteiger partial charge in [-0.2, -0.15) is 0 Å². The molecule has 1 aliphatic carbocycles. The van der Waals surface area contributed by atoms with E-state index in [4.69, 9.17) is 0 Å². The molecule has 142 valence electrons. The Morgan fingerprint density at radius 3 is 2.78 bits per heavy atom. The monoisotopic (exact) mass is 384 g/mol. The summed E-state index contributed by atoms with van der Waals surface area (Å²) in [5.41, 5.74) is 2.16. The van der Waals surface area contributed by atoms with Crippen LogP contribution in [0.2, 0.25) is 0 Å². The van der Waals surface area contributed by atoms with Crippen molar-refractivity contribution >= 4 is 28.3 Å². The zero-order chi connectivity index (χ0) is 18.6. The third kappa shape index (κ3) is 4.54. The molecule has 2 amide bonds. The number of thiazole rings is 1. The minimum atomic E-state index is 0.0327. The predicted molar refractivity (Wildman–Crippen MR) is 105 cm³/mol. The molecular formula is C20H24N4O2S. The normalized spacial score (nSPS) is 17.0. The first kappa shape index (κ1) is 18.1. The van der Waals surface area contributed by atoms with E-state index in [-0.39, 0.29) is 17.7 Å². The molecule has 0 bridgehead atoms. The van der Waals surface area contributed by atoms with Crippen LogP contribution < -0.4 is 10.6 Å². The lowest BCUT2D eigenvalue weighted by atomic mass is 9.85. The van der Waals surface area contributed by atoms with Gasteiger partial charge in [-0.25, -0.2) is 4.98 Å². The Kier molecular flexibility index (Phi) is 5.50. The molecule has 4 rings (SSSR count). The zero-order valence-corrected chi connectivity index (χ0v) is 16.1. The summed E-state index contributed by atoms with van der Waals surface area (Å²) >= 11 is 1.54. The minimum absolute atomic E-state index is 0.0327. The zero-order valence-electron chi connectivity index (χ0n) is 15.2. The van der Waals surface area contributed by atoms with Gasteiger partial charge in [0.15, 0.2) is 5.13 Å². The van der Waals surface area contributed by atoms with E-state index in [9.17, 15) is 9.59 Å². The summed E-state index contributed by atoms with van der Waals surface area (Å²) in [5.74, 6) is 0.297. The number of rotatable bonds is 6. The number of hydrogen-bond donors (Lipinski definition) is 2. The van der Waals surface area contributed by atoms with Crippen LogP contribution in [0.5, 0.6) is 0 Å². The second-order valence-electron chi connectivity index (χ2n) is 7.23. The largest absolute Gasteiger partial charge is 0.351 e. The molecule has 0 atom stereocenters. The van der Waals surface area contributed by atoms with Crippen molar-refractivity contribution in [1.29, 1.82) is 0 Å². The molecule has 0 spiro atoms. The molecule has 1 aliphatic heterocycles. The maximum atomic E-state index is 12.2. The van der Waals surface area contributed by atoms with Crippen molar-refractivity contribution in [2.75, 3.05) is 18.4 Å². The molecule has 27 heavy (non-hydrogen) atoms. The number of aromatic nitrogens is 1. The topological polar surface area (TPSA) is 74.3 Å². The Balaban J connectivity index is 1.27. The van der Waals surface area contributed by atoms with E-state index in [0.717, 1.165) is 48.4 Å². The number of carbonyl (C=O) groups excluding carboxylic acids is 2. The molecule has 2 heterocycles. The average molecular weight is 385 g/mol. The maximum absolute atomic E-state index is 12.2. The molecule has 2 N–H and O–H groups in total. The summed E-state index contributed by atoms with van der Waals surface area (Å²) in [6.07, 6.45) is 3.94. The summed E-state index contributed by atoms with van der Waals surface area (Å²) in [5, 5.41) is 6.64. The Labute approximate surface area is 163 Å². The average Bonchev–Trinajstić information content (AvgIpc) is 3.00. The molecule has 2 aromatic rings. The lowest BCUT2D eigenvalue weighted by Crippen LogP contribution is -2.39. The van der Waals surface area contributed by atoms with Gasteiger partial charge in [0, 0.05) is 36.9 Å². The van der Waals surface area contributed by atoms with E-state index >= 15 is 0 Å². The Hall–Kier alpha value is -2.25. The number of fused-ring (bicyclic) bond motifs is 1. The van der Waals surface area contributed by atoms with Crippen molar-refractivity contribution in [1.82, 2.24) is 15.2 Å². The highest BCUT2D eigenvalue weighted by Crippen LogP contribution is 2.31. The van der Waals surface area contributed by atoms with Gasteiger partial charge in [0.1, 0.15) is 0 Å². The quantitative estimate of drug-likeness (QED) is 0.803. The van der Waals surface area contributed by atoms with E-state index in [2.05, 4.69) is 20.5 Å². The Bertz CT molecular complexity index is 817. The van der Waals surface area contributed by atoms with Gasteiger partial charge in [-0.1, -0.05) is 36.8 Å². The summed E-state index contributed by atoms with van der Waals surface area (Å²) in [7, 11) is 0. The predicted octanol–water partition coefficient (Wildman–Crippen LogP) is 2.56. The lowest BCUT2D eigenvalue weighted by Gasteiger charge is -2.25. The van der Waals surface area contributed by atoms with Gasteiger partial charge in [-0.3, -0.25) is 14.5 Å². The maximum Gasteiger partial charge on any atom is 0.234 e. The first-order chi connectivity index (χ1) is 13.2. The molecule has 1 aromatic carbocycles. The van der Waals surface area contributed by atoms with Crippen LogP contribution in [0.25, 0.3) is 0 Å². The summed E-state index contributed by atoms with van der Waals surface area (Å²) < 4.78 is 0. The smallest absolute Gasteiger partial charge is 0.234 e. The van der Waals surface area contributed by atoms with Crippen molar-refractivity contribution in [3.63, 3.8) is 0 Å². The van der Waals surface area contributed by atoms with Crippen molar-refractivity contribution in [2.45, 2.75) is 38.8 Å². The Morgan fingerprint density at radius 2 is 2.04 bits per heavy atom. The highest BCUT2D eigenvalue weighted by Gasteiger charge is 2.27. The highest BCUT2D eigenvalue weighted by atomic mass is 32.1. The van der Waals surface area contributed by atoms with Crippen molar-refractivity contribution in [2.24, 2.45) is 5.92 Å². The van der Waals surface area contributed by atoms with E-state index in [1.165, 1.54) is 0 Å². The third-order valence-corrected chi connectivity index (χ3v) is 6.21. The number of hydrogen-bond acceptors (Lipinski definition) is 5. The molecule has 0 radical (unpaired) electrons. The van der Waals surface area contributed by atoms with Gasteiger partial charge in [-0.05, 0) is 18.4 Å². The molecular weight excluding hydrogens is 360 g/mol. The van der Waals surface area contributed by atoms with Crippen LogP contribution in [-0.2, 0) is 29.1 Å². The van der Waals surface area contributed by atoms with Gasteiger partial charge in [0.25, 0.3) is 0 Å². The fourth-order valence-corrected chi connectivity index (χ4v) is 4.42. The van der Waals surface area contributed by atoms with Gasteiger partial charge >= 0.3 is 0 Å². The van der Waals surface area contributed by atoms with Crippen molar-refractivity contribution in [3.05, 3.63) is 46.5 Å². The standard InChI is InChI=1S/C20H24N4O2S/c25-18(21-11-14-5-2-1-3-6-14)13-24-10-9-16-17(12-24)27-20(22-16)23-19(26)15-7-4-8-15/h1-3,5-6,15H,4,7-13H2,(H,21,25)(H,22,23,26). The second kappa shape index (κ2) is 8.19. The highest BCUT2D eigenvalue weighted by molar-refractivity contribution is 7.15. The lowest BCUT2D eigenvalue weighted by molar-refractivity contribution is -0.123. The van der Waals surface area contributed by atoms with E-state index in [1.807, 2.05) is 30.3 Å². The number of nitrogens with zero attached hydrogens (tertiary/aromatic N) is 2. The molecule has 6 nitrogen and oxygen atoms in total. The van der Waals surface area contributed by atoms with Crippen LogP contribution in [0.4, 0.5) is 5.13 Å². The molecule has 7 heteroatoms. The number of benzene rings is 1. The van der Waals surface area contributed by atoms with Crippen LogP contribution in [0.1, 0.15) is 35.4 Å². The molecule has 2 aliphatic rings. The Morgan fingerprint density at radius 1 is 1.22 bits per heavy atom. The molecule has 0 saturated heterocycles. The summed E-state index contributed by atoms with van der Waals surface area (Å²) in [4.78, 5) is 32.2. The number of nitrogens with one attached hydrogen (secondary N) is 2. The SMILES string of the molecule is O=C(CN1CCc2nc(NC(=O)C3CCC3)sc2C1)NCc1ccccc1. The first-order valence-corrected chi connectivity index (χ1v) is 10.3.